The number of allylic oxidation sites excluding steroid dienone is 5. The molecule has 4 nitrogen and oxygen atoms in total. The molecular weight excluding hydrogens is 265 g/mol. The fourth-order valence-electron chi connectivity index (χ4n) is 1.60. The maximum atomic E-state index is 11.8. The SMILES string of the molecule is COC(=O)C1=CC(=O)C2C(Cl)=CC(Cl)=CC2=N1. The zero-order valence-corrected chi connectivity index (χ0v) is 10.2. The lowest BCUT2D eigenvalue weighted by molar-refractivity contribution is -0.136. The molecular formula is C11H7Cl2NO3. The van der Waals surface area contributed by atoms with Gasteiger partial charge in [0.1, 0.15) is 0 Å². The molecule has 0 saturated heterocycles. The molecule has 0 N–H and O–H groups in total. The summed E-state index contributed by atoms with van der Waals surface area (Å²) in [6.07, 6.45) is 4.12. The lowest BCUT2D eigenvalue weighted by atomic mass is 9.91. The van der Waals surface area contributed by atoms with E-state index < -0.39 is 11.9 Å². The van der Waals surface area contributed by atoms with Crippen molar-refractivity contribution in [3.63, 3.8) is 0 Å². The van der Waals surface area contributed by atoms with Crippen LogP contribution in [-0.2, 0) is 14.3 Å². The lowest BCUT2D eigenvalue weighted by Gasteiger charge is -2.21. The summed E-state index contributed by atoms with van der Waals surface area (Å²) in [5, 5.41) is 0.658. The number of fused-ring (bicyclic) bond motifs is 1. The smallest absolute Gasteiger partial charge is 0.356 e. The van der Waals surface area contributed by atoms with E-state index in [2.05, 4.69) is 9.73 Å². The predicted octanol–water partition coefficient (Wildman–Crippen LogP) is 1.94. The second kappa shape index (κ2) is 4.47. The third-order valence-electron chi connectivity index (χ3n) is 2.34. The molecule has 2 rings (SSSR count). The molecule has 0 radical (unpaired) electrons. The van der Waals surface area contributed by atoms with Crippen molar-refractivity contribution in [1.29, 1.82) is 0 Å². The van der Waals surface area contributed by atoms with Gasteiger partial charge in [0.25, 0.3) is 0 Å². The quantitative estimate of drug-likeness (QED) is 0.685. The zero-order chi connectivity index (χ0) is 12.6. The number of rotatable bonds is 1. The van der Waals surface area contributed by atoms with Crippen molar-refractivity contribution in [2.45, 2.75) is 0 Å². The third-order valence-corrected chi connectivity index (χ3v) is 2.89. The van der Waals surface area contributed by atoms with Gasteiger partial charge < -0.3 is 4.74 Å². The molecule has 0 saturated carbocycles. The molecule has 0 aromatic carbocycles. The van der Waals surface area contributed by atoms with Gasteiger partial charge in [-0.2, -0.15) is 0 Å². The van der Waals surface area contributed by atoms with E-state index in [9.17, 15) is 9.59 Å². The normalized spacial score (nSPS) is 23.0. The van der Waals surface area contributed by atoms with E-state index in [1.807, 2.05) is 0 Å². The van der Waals surface area contributed by atoms with Crippen LogP contribution in [0.15, 0.2) is 39.0 Å². The average molecular weight is 272 g/mol. The van der Waals surface area contributed by atoms with E-state index in [1.165, 1.54) is 19.3 Å². The molecule has 0 spiro atoms. The van der Waals surface area contributed by atoms with Crippen LogP contribution in [0.4, 0.5) is 0 Å². The number of carbonyl (C=O) groups excluding carboxylic acids is 2. The Kier molecular flexibility index (Phi) is 3.17. The van der Waals surface area contributed by atoms with E-state index in [0.29, 0.717) is 15.8 Å². The second-order valence-corrected chi connectivity index (χ2v) is 4.32. The molecule has 1 atom stereocenters. The zero-order valence-electron chi connectivity index (χ0n) is 8.74. The number of ketones is 1. The van der Waals surface area contributed by atoms with Crippen LogP contribution in [-0.4, -0.2) is 24.6 Å². The molecule has 0 fully saturated rings. The van der Waals surface area contributed by atoms with Crippen LogP contribution < -0.4 is 0 Å². The largest absolute Gasteiger partial charge is 0.464 e. The number of carbonyl (C=O) groups is 2. The average Bonchev–Trinajstić information content (AvgIpc) is 2.26. The van der Waals surface area contributed by atoms with Crippen LogP contribution in [0.25, 0.3) is 0 Å². The van der Waals surface area contributed by atoms with Crippen molar-refractivity contribution in [1.82, 2.24) is 0 Å². The molecule has 1 aliphatic carbocycles. The molecule has 2 aliphatic rings. The first kappa shape index (κ1) is 12.1. The summed E-state index contributed by atoms with van der Waals surface area (Å²) in [6.45, 7) is 0. The van der Waals surface area contributed by atoms with Crippen molar-refractivity contribution in [3.8, 4) is 0 Å². The Morgan fingerprint density at radius 3 is 2.71 bits per heavy atom. The minimum atomic E-state index is -0.667. The van der Waals surface area contributed by atoms with Crippen molar-refractivity contribution in [2.24, 2.45) is 10.9 Å². The van der Waals surface area contributed by atoms with Crippen molar-refractivity contribution in [3.05, 3.63) is 34.0 Å². The van der Waals surface area contributed by atoms with E-state index in [1.54, 1.807) is 0 Å². The molecule has 17 heavy (non-hydrogen) atoms. The summed E-state index contributed by atoms with van der Waals surface area (Å²) in [5.41, 5.74) is 0.311. The molecule has 1 heterocycles. The van der Waals surface area contributed by atoms with Gasteiger partial charge >= 0.3 is 5.97 Å². The maximum Gasteiger partial charge on any atom is 0.356 e. The number of methoxy groups -OCH3 is 1. The molecule has 6 heteroatoms. The summed E-state index contributed by atoms with van der Waals surface area (Å²) in [5.74, 6) is -1.64. The van der Waals surface area contributed by atoms with Gasteiger partial charge in [0.05, 0.1) is 18.7 Å². The summed E-state index contributed by atoms with van der Waals surface area (Å²) in [4.78, 5) is 27.1. The molecule has 0 aromatic rings. The van der Waals surface area contributed by atoms with Gasteiger partial charge in [0.2, 0.25) is 0 Å². The van der Waals surface area contributed by atoms with Gasteiger partial charge in [-0.25, -0.2) is 9.79 Å². The Balaban J connectivity index is 2.45. The van der Waals surface area contributed by atoms with Crippen molar-refractivity contribution < 1.29 is 14.3 Å². The second-order valence-electron chi connectivity index (χ2n) is 3.45. The van der Waals surface area contributed by atoms with Crippen molar-refractivity contribution >= 4 is 40.7 Å². The first-order valence-corrected chi connectivity index (χ1v) is 5.45. The van der Waals surface area contributed by atoms with E-state index >= 15 is 0 Å². The number of nitrogens with zero attached hydrogens (tertiary/aromatic N) is 1. The van der Waals surface area contributed by atoms with Gasteiger partial charge in [0.15, 0.2) is 11.5 Å². The monoisotopic (exact) mass is 271 g/mol. The molecule has 0 amide bonds. The highest BCUT2D eigenvalue weighted by molar-refractivity contribution is 6.42. The van der Waals surface area contributed by atoms with Crippen LogP contribution in [0, 0.1) is 5.92 Å². The Morgan fingerprint density at radius 2 is 2.06 bits per heavy atom. The van der Waals surface area contributed by atoms with Crippen LogP contribution >= 0.6 is 23.2 Å². The summed E-state index contributed by atoms with van der Waals surface area (Å²) in [6, 6.07) is 0. The van der Waals surface area contributed by atoms with Gasteiger partial charge in [0, 0.05) is 16.1 Å². The van der Waals surface area contributed by atoms with E-state index in [0.717, 1.165) is 6.08 Å². The fraction of sp³-hybridized carbons (Fsp3) is 0.182. The van der Waals surface area contributed by atoms with Crippen LogP contribution in [0.2, 0.25) is 0 Å². The summed E-state index contributed by atoms with van der Waals surface area (Å²) in [7, 11) is 1.22. The molecule has 88 valence electrons. The number of hydrogen-bond acceptors (Lipinski definition) is 4. The van der Waals surface area contributed by atoms with E-state index in [-0.39, 0.29) is 11.5 Å². The van der Waals surface area contributed by atoms with Gasteiger partial charge in [-0.15, -0.1) is 0 Å². The van der Waals surface area contributed by atoms with Crippen LogP contribution in [0.5, 0.6) is 0 Å². The molecule has 1 unspecified atom stereocenters. The van der Waals surface area contributed by atoms with Gasteiger partial charge in [-0.3, -0.25) is 4.79 Å². The van der Waals surface area contributed by atoms with Gasteiger partial charge in [-0.05, 0) is 12.2 Å². The molecule has 0 bridgehead atoms. The molecule has 1 aliphatic heterocycles. The Labute approximate surface area is 107 Å². The fourth-order valence-corrected chi connectivity index (χ4v) is 2.22. The minimum Gasteiger partial charge on any atom is -0.464 e. The summed E-state index contributed by atoms with van der Waals surface area (Å²) >= 11 is 11.7. The number of hydrogen-bond donors (Lipinski definition) is 0. The van der Waals surface area contributed by atoms with Gasteiger partial charge in [-0.1, -0.05) is 23.2 Å². The highest BCUT2D eigenvalue weighted by Crippen LogP contribution is 2.31. The van der Waals surface area contributed by atoms with E-state index in [4.69, 9.17) is 23.2 Å². The Morgan fingerprint density at radius 1 is 1.35 bits per heavy atom. The lowest BCUT2D eigenvalue weighted by Crippen LogP contribution is -2.28. The standard InChI is InChI=1S/C11H7Cl2NO3/c1-17-11(16)8-4-9(15)10-6(13)2-5(12)3-7(10)14-8/h2-4,10H,1H3. The number of esters is 1. The highest BCUT2D eigenvalue weighted by atomic mass is 35.5. The van der Waals surface area contributed by atoms with Crippen LogP contribution in [0.1, 0.15) is 0 Å². The maximum absolute atomic E-state index is 11.8. The first-order valence-electron chi connectivity index (χ1n) is 4.69. The highest BCUT2D eigenvalue weighted by Gasteiger charge is 2.33. The summed E-state index contributed by atoms with van der Waals surface area (Å²) < 4.78 is 4.50. The van der Waals surface area contributed by atoms with Crippen LogP contribution in [0.3, 0.4) is 0 Å². The predicted molar refractivity (Wildman–Crippen MR) is 63.9 cm³/mol. The third kappa shape index (κ3) is 2.18. The topological polar surface area (TPSA) is 55.7 Å². The Hall–Kier alpha value is -1.39. The molecule has 0 aromatic heterocycles. The minimum absolute atomic E-state index is 0.0455. The van der Waals surface area contributed by atoms with Crippen molar-refractivity contribution in [2.75, 3.05) is 7.11 Å². The first-order chi connectivity index (χ1) is 8.02. The Bertz CT molecular complexity index is 529. The number of ether oxygens (including phenoxy) is 1. The number of halogens is 2. The number of aliphatic imine (C=N–C) groups is 1.